The first kappa shape index (κ1) is 24.4. The van der Waals surface area contributed by atoms with Gasteiger partial charge < -0.3 is 21.1 Å². The number of carbonyl (C=O) groups is 2. The van der Waals surface area contributed by atoms with Crippen LogP contribution in [0.5, 0.6) is 0 Å². The molecule has 0 spiro atoms. The molecule has 37 heavy (non-hydrogen) atoms. The fourth-order valence-electron chi connectivity index (χ4n) is 4.80. The largest absolute Gasteiger partial charge is 0.444 e. The van der Waals surface area contributed by atoms with E-state index in [-0.39, 0.29) is 0 Å². The van der Waals surface area contributed by atoms with Crippen molar-refractivity contribution in [2.24, 2.45) is 5.73 Å². The number of nitrogens with one attached hydrogen (secondary N) is 2. The number of pyridine rings is 1. The second-order valence-corrected chi connectivity index (χ2v) is 10.5. The van der Waals surface area contributed by atoms with Crippen LogP contribution in [0.25, 0.3) is 28.2 Å². The molecule has 5 rings (SSSR count). The molecule has 2 heterocycles. The number of urea groups is 1. The van der Waals surface area contributed by atoms with Crippen LogP contribution >= 0.6 is 0 Å². The number of ether oxygens (including phenoxy) is 1. The summed E-state index contributed by atoms with van der Waals surface area (Å²) < 4.78 is 7.48. The van der Waals surface area contributed by atoms with E-state index in [2.05, 4.69) is 22.8 Å². The Kier molecular flexibility index (Phi) is 6.11. The van der Waals surface area contributed by atoms with Crippen LogP contribution in [0, 0.1) is 0 Å². The van der Waals surface area contributed by atoms with Gasteiger partial charge in [0.1, 0.15) is 11.2 Å². The molecule has 0 radical (unpaired) electrons. The summed E-state index contributed by atoms with van der Waals surface area (Å²) >= 11 is 0. The third kappa shape index (κ3) is 5.00. The maximum absolute atomic E-state index is 12.5. The van der Waals surface area contributed by atoms with Crippen molar-refractivity contribution in [2.45, 2.75) is 51.2 Å². The number of carbonyl (C=O) groups excluding carboxylic acids is 2. The fraction of sp³-hybridized carbons (Fsp3) is 0.276. The van der Waals surface area contributed by atoms with E-state index in [0.717, 1.165) is 53.0 Å². The Hall–Kier alpha value is -4.33. The van der Waals surface area contributed by atoms with Crippen LogP contribution in [0.2, 0.25) is 0 Å². The molecule has 1 saturated carbocycles. The average molecular weight is 498 g/mol. The van der Waals surface area contributed by atoms with Crippen molar-refractivity contribution in [1.29, 1.82) is 0 Å². The molecule has 1 fully saturated rings. The highest BCUT2D eigenvalue weighted by molar-refractivity contribution is 5.88. The molecule has 190 valence electrons. The van der Waals surface area contributed by atoms with Crippen molar-refractivity contribution in [3.8, 4) is 22.5 Å². The molecule has 3 amide bonds. The summed E-state index contributed by atoms with van der Waals surface area (Å²) in [4.78, 5) is 28.9. The predicted molar refractivity (Wildman–Crippen MR) is 144 cm³/mol. The van der Waals surface area contributed by atoms with Crippen LogP contribution in [0.4, 0.5) is 15.3 Å². The fourth-order valence-corrected chi connectivity index (χ4v) is 4.80. The van der Waals surface area contributed by atoms with Gasteiger partial charge in [0.25, 0.3) is 0 Å². The Labute approximate surface area is 215 Å². The monoisotopic (exact) mass is 497 g/mol. The van der Waals surface area contributed by atoms with Crippen molar-refractivity contribution in [1.82, 2.24) is 14.7 Å². The smallest absolute Gasteiger partial charge is 0.408 e. The van der Waals surface area contributed by atoms with Crippen molar-refractivity contribution >= 4 is 23.5 Å². The van der Waals surface area contributed by atoms with Gasteiger partial charge in [-0.3, -0.25) is 4.40 Å². The molecule has 1 aliphatic rings. The summed E-state index contributed by atoms with van der Waals surface area (Å²) in [5.41, 5.74) is 10.4. The number of rotatable bonds is 5. The second-order valence-electron chi connectivity index (χ2n) is 10.5. The lowest BCUT2D eigenvalue weighted by molar-refractivity contribution is 0.0377. The number of amides is 3. The average Bonchev–Trinajstić information content (AvgIpc) is 3.19. The lowest BCUT2D eigenvalue weighted by Gasteiger charge is -2.43. The molecule has 1 aliphatic carbocycles. The number of fused-ring (bicyclic) bond motifs is 1. The number of alkyl carbamates (subject to hydrolysis) is 1. The molecule has 8 nitrogen and oxygen atoms in total. The van der Waals surface area contributed by atoms with Crippen molar-refractivity contribution in [3.05, 3.63) is 78.5 Å². The zero-order chi connectivity index (χ0) is 26.2. The minimum atomic E-state index is -0.624. The molecule has 0 unspecified atom stereocenters. The maximum Gasteiger partial charge on any atom is 0.408 e. The van der Waals surface area contributed by atoms with Gasteiger partial charge in [-0.2, -0.15) is 0 Å². The second kappa shape index (κ2) is 9.28. The normalized spacial score (nSPS) is 14.6. The van der Waals surface area contributed by atoms with Crippen molar-refractivity contribution < 1.29 is 14.3 Å². The number of imidazole rings is 1. The van der Waals surface area contributed by atoms with Gasteiger partial charge >= 0.3 is 12.1 Å². The lowest BCUT2D eigenvalue weighted by Crippen LogP contribution is -2.52. The van der Waals surface area contributed by atoms with Gasteiger partial charge in [-0.25, -0.2) is 14.6 Å². The van der Waals surface area contributed by atoms with E-state index in [1.165, 1.54) is 0 Å². The van der Waals surface area contributed by atoms with Crippen LogP contribution in [0.15, 0.2) is 72.9 Å². The third-order valence-corrected chi connectivity index (χ3v) is 6.59. The molecular formula is C29H31N5O3. The highest BCUT2D eigenvalue weighted by Gasteiger charge is 2.41. The van der Waals surface area contributed by atoms with Crippen molar-refractivity contribution in [3.63, 3.8) is 0 Å². The Morgan fingerprint density at radius 2 is 1.68 bits per heavy atom. The number of primary amides is 1. The predicted octanol–water partition coefficient (Wildman–Crippen LogP) is 6.06. The molecule has 0 atom stereocenters. The lowest BCUT2D eigenvalue weighted by atomic mass is 9.71. The van der Waals surface area contributed by atoms with E-state index in [1.807, 2.05) is 79.9 Å². The van der Waals surface area contributed by atoms with Gasteiger partial charge in [-0.1, -0.05) is 54.6 Å². The molecule has 2 aromatic heterocycles. The van der Waals surface area contributed by atoms with E-state index in [4.69, 9.17) is 15.5 Å². The van der Waals surface area contributed by atoms with Gasteiger partial charge in [0.05, 0.1) is 22.6 Å². The molecule has 4 aromatic rings. The van der Waals surface area contributed by atoms with Crippen LogP contribution in [-0.4, -0.2) is 27.1 Å². The van der Waals surface area contributed by atoms with Crippen LogP contribution in [-0.2, 0) is 10.3 Å². The number of aromatic nitrogens is 2. The highest BCUT2D eigenvalue weighted by atomic mass is 16.6. The highest BCUT2D eigenvalue weighted by Crippen LogP contribution is 2.42. The number of anilines is 1. The zero-order valence-electron chi connectivity index (χ0n) is 21.2. The van der Waals surface area contributed by atoms with E-state index in [9.17, 15) is 9.59 Å². The summed E-state index contributed by atoms with van der Waals surface area (Å²) in [6.45, 7) is 5.59. The molecule has 2 aromatic carbocycles. The Balaban J connectivity index is 1.53. The summed E-state index contributed by atoms with van der Waals surface area (Å²) in [6, 6.07) is 21.2. The van der Waals surface area contributed by atoms with Gasteiger partial charge in [0.15, 0.2) is 0 Å². The Morgan fingerprint density at radius 3 is 2.27 bits per heavy atom. The summed E-state index contributed by atoms with van der Waals surface area (Å²) in [6.07, 6.45) is 4.20. The Bertz CT molecular complexity index is 1450. The van der Waals surface area contributed by atoms with Crippen LogP contribution in [0.1, 0.15) is 45.6 Å². The summed E-state index contributed by atoms with van der Waals surface area (Å²) in [7, 11) is 0. The first-order valence-corrected chi connectivity index (χ1v) is 12.4. The van der Waals surface area contributed by atoms with Gasteiger partial charge in [0.2, 0.25) is 0 Å². The summed E-state index contributed by atoms with van der Waals surface area (Å²) in [5, 5.41) is 5.75. The van der Waals surface area contributed by atoms with Gasteiger partial charge in [0, 0.05) is 17.3 Å². The van der Waals surface area contributed by atoms with E-state index in [1.54, 1.807) is 6.07 Å². The molecular weight excluding hydrogens is 466 g/mol. The first-order chi connectivity index (χ1) is 17.6. The van der Waals surface area contributed by atoms with Gasteiger partial charge in [-0.05, 0) is 57.7 Å². The van der Waals surface area contributed by atoms with E-state index in [0.29, 0.717) is 5.69 Å². The SMILES string of the molecule is CC(C)(C)OC(=O)NC1(c2ccc(-c3nc4ccc(NC(N)=O)cn4c3-c3ccccc3)cc2)CCC1. The minimum Gasteiger partial charge on any atom is -0.444 e. The molecule has 0 aliphatic heterocycles. The quantitative estimate of drug-likeness (QED) is 0.311. The van der Waals surface area contributed by atoms with Crippen LogP contribution in [0.3, 0.4) is 0 Å². The molecule has 0 saturated heterocycles. The first-order valence-electron chi connectivity index (χ1n) is 12.4. The topological polar surface area (TPSA) is 111 Å². The number of benzene rings is 2. The number of hydrogen-bond acceptors (Lipinski definition) is 4. The number of hydrogen-bond donors (Lipinski definition) is 3. The van der Waals surface area contributed by atoms with E-state index >= 15 is 0 Å². The standard InChI is InChI=1S/C29H31N5O3/c1-28(2,3)37-27(36)33-29(16-7-17-29)21-12-10-19(11-13-21)24-25(20-8-5-4-6-9-20)34-18-22(31-26(30)35)14-15-23(34)32-24/h4-6,8-15,18H,7,16-17H2,1-3H3,(H,33,36)(H3,30,31,35). The van der Waals surface area contributed by atoms with E-state index < -0.39 is 23.3 Å². The number of nitrogens with zero attached hydrogens (tertiary/aromatic N) is 2. The van der Waals surface area contributed by atoms with Gasteiger partial charge in [-0.15, -0.1) is 0 Å². The number of nitrogens with two attached hydrogens (primary N) is 1. The Morgan fingerprint density at radius 1 is 0.973 bits per heavy atom. The zero-order valence-corrected chi connectivity index (χ0v) is 21.2. The molecule has 8 heteroatoms. The molecule has 4 N–H and O–H groups in total. The molecule has 0 bridgehead atoms. The minimum absolute atomic E-state index is 0.400. The van der Waals surface area contributed by atoms with Crippen LogP contribution < -0.4 is 16.4 Å². The van der Waals surface area contributed by atoms with Crippen molar-refractivity contribution in [2.75, 3.05) is 5.32 Å². The summed E-state index contributed by atoms with van der Waals surface area (Å²) in [5.74, 6) is 0. The third-order valence-electron chi connectivity index (χ3n) is 6.59. The maximum atomic E-state index is 12.5.